The molecule has 0 N–H and O–H groups in total. The van der Waals surface area contributed by atoms with Gasteiger partial charge in [-0.2, -0.15) is 0 Å². The Balaban J connectivity index is 1.92. The van der Waals surface area contributed by atoms with Crippen LogP contribution in [0, 0.1) is 0 Å². The van der Waals surface area contributed by atoms with E-state index in [0.29, 0.717) is 0 Å². The highest BCUT2D eigenvalue weighted by molar-refractivity contribution is 5.98. The van der Waals surface area contributed by atoms with Crippen molar-refractivity contribution < 1.29 is 0 Å². The summed E-state index contributed by atoms with van der Waals surface area (Å²) in [4.78, 5) is 0. The Morgan fingerprint density at radius 1 is 0.625 bits per heavy atom. The molecule has 24 heavy (non-hydrogen) atoms. The van der Waals surface area contributed by atoms with Crippen LogP contribution in [0.1, 0.15) is 31.4 Å². The molecule has 1 aliphatic rings. The minimum atomic E-state index is 0.0960. The molecule has 0 aliphatic heterocycles. The molecule has 0 atom stereocenters. The van der Waals surface area contributed by atoms with Crippen LogP contribution in [0.4, 0.5) is 0 Å². The lowest BCUT2D eigenvalue weighted by molar-refractivity contribution is 0.565. The maximum absolute atomic E-state index is 2.42. The molecule has 116 valence electrons. The quantitative estimate of drug-likeness (QED) is 0.367. The fraction of sp³-hybridized carbons (Fsp3) is 0.167. The van der Waals surface area contributed by atoms with Crippen LogP contribution in [0.5, 0.6) is 0 Å². The molecule has 0 amide bonds. The van der Waals surface area contributed by atoms with Gasteiger partial charge in [0.1, 0.15) is 0 Å². The van der Waals surface area contributed by atoms with Crippen molar-refractivity contribution in [2.75, 3.05) is 0 Å². The van der Waals surface area contributed by atoms with Gasteiger partial charge in [0.2, 0.25) is 0 Å². The fourth-order valence-corrected chi connectivity index (χ4v) is 4.37. The molecule has 4 aromatic carbocycles. The molecule has 0 saturated heterocycles. The van der Waals surface area contributed by atoms with Crippen LogP contribution in [0.25, 0.3) is 32.7 Å². The summed E-state index contributed by atoms with van der Waals surface area (Å²) < 4.78 is 0. The van der Waals surface area contributed by atoms with Crippen molar-refractivity contribution in [1.29, 1.82) is 0 Å². The van der Waals surface area contributed by atoms with Gasteiger partial charge in [-0.3, -0.25) is 0 Å². The summed E-state index contributed by atoms with van der Waals surface area (Å²) in [6, 6.07) is 27.0. The Bertz CT molecular complexity index is 1020. The zero-order chi connectivity index (χ0) is 16.3. The maximum atomic E-state index is 2.42. The summed E-state index contributed by atoms with van der Waals surface area (Å²) in [5.74, 6) is 0. The average molecular weight is 308 g/mol. The van der Waals surface area contributed by atoms with Gasteiger partial charge >= 0.3 is 0 Å². The third-order valence-corrected chi connectivity index (χ3v) is 5.96. The zero-order valence-electron chi connectivity index (χ0n) is 14.1. The van der Waals surface area contributed by atoms with E-state index in [1.807, 2.05) is 0 Å². The molecule has 0 aromatic heterocycles. The van der Waals surface area contributed by atoms with Gasteiger partial charge < -0.3 is 0 Å². The van der Waals surface area contributed by atoms with Gasteiger partial charge in [-0.25, -0.2) is 0 Å². The second-order valence-corrected chi connectivity index (χ2v) is 7.18. The Kier molecular flexibility index (Phi) is 2.71. The molecular weight excluding hydrogens is 288 g/mol. The normalized spacial score (nSPS) is 14.8. The van der Waals surface area contributed by atoms with E-state index in [2.05, 4.69) is 86.6 Å². The molecule has 0 heteroatoms. The van der Waals surface area contributed by atoms with Crippen LogP contribution in [0.2, 0.25) is 0 Å². The zero-order valence-corrected chi connectivity index (χ0v) is 14.1. The first kappa shape index (κ1) is 13.8. The van der Waals surface area contributed by atoms with Gasteiger partial charge in [0.15, 0.2) is 0 Å². The van der Waals surface area contributed by atoms with Crippen LogP contribution in [-0.2, 0) is 5.41 Å². The lowest BCUT2D eigenvalue weighted by Gasteiger charge is -2.26. The summed E-state index contributed by atoms with van der Waals surface area (Å²) in [5.41, 5.74) is 5.89. The molecule has 0 radical (unpaired) electrons. The van der Waals surface area contributed by atoms with Crippen LogP contribution in [0.15, 0.2) is 72.8 Å². The van der Waals surface area contributed by atoms with Crippen molar-refractivity contribution in [3.8, 4) is 11.1 Å². The lowest BCUT2D eigenvalue weighted by atomic mass is 9.77. The summed E-state index contributed by atoms with van der Waals surface area (Å²) in [6.45, 7) is 4.71. The molecule has 0 nitrogen and oxygen atoms in total. The minimum Gasteiger partial charge on any atom is -0.0642 e. The van der Waals surface area contributed by atoms with E-state index in [-0.39, 0.29) is 5.41 Å². The molecular formula is C24H20. The van der Waals surface area contributed by atoms with E-state index in [4.69, 9.17) is 0 Å². The molecule has 5 rings (SSSR count). The standard InChI is InChI=1S/C24H20/c1-3-24(2)22-14-18-10-6-4-8-16(18)12-20(22)21-13-17-9-5-7-11-19(17)15-23(21)24/h4-15H,3H2,1-2H3. The highest BCUT2D eigenvalue weighted by atomic mass is 14.4. The van der Waals surface area contributed by atoms with Gasteiger partial charge in [0.25, 0.3) is 0 Å². The number of benzene rings is 4. The predicted octanol–water partition coefficient (Wildman–Crippen LogP) is 6.69. The Labute approximate surface area is 142 Å². The molecule has 1 aliphatic carbocycles. The first-order valence-corrected chi connectivity index (χ1v) is 8.77. The highest BCUT2D eigenvalue weighted by Crippen LogP contribution is 2.52. The van der Waals surface area contributed by atoms with E-state index in [9.17, 15) is 0 Å². The van der Waals surface area contributed by atoms with E-state index >= 15 is 0 Å². The Morgan fingerprint density at radius 3 is 1.38 bits per heavy atom. The number of rotatable bonds is 1. The number of fused-ring (bicyclic) bond motifs is 5. The second-order valence-electron chi connectivity index (χ2n) is 7.18. The molecule has 0 bridgehead atoms. The fourth-order valence-electron chi connectivity index (χ4n) is 4.37. The van der Waals surface area contributed by atoms with Crippen molar-refractivity contribution in [3.05, 3.63) is 83.9 Å². The first-order valence-electron chi connectivity index (χ1n) is 8.77. The highest BCUT2D eigenvalue weighted by Gasteiger charge is 2.38. The monoisotopic (exact) mass is 308 g/mol. The van der Waals surface area contributed by atoms with Gasteiger partial charge in [-0.05, 0) is 74.5 Å². The van der Waals surface area contributed by atoms with Crippen LogP contribution in [0.3, 0.4) is 0 Å². The molecule has 0 fully saturated rings. The Morgan fingerprint density at radius 2 is 1.00 bits per heavy atom. The molecule has 0 unspecified atom stereocenters. The third-order valence-electron chi connectivity index (χ3n) is 5.96. The van der Waals surface area contributed by atoms with Crippen molar-refractivity contribution >= 4 is 21.5 Å². The molecule has 4 aromatic rings. The van der Waals surface area contributed by atoms with Crippen molar-refractivity contribution in [2.45, 2.75) is 25.7 Å². The van der Waals surface area contributed by atoms with Crippen LogP contribution < -0.4 is 0 Å². The van der Waals surface area contributed by atoms with Gasteiger partial charge in [0, 0.05) is 5.41 Å². The van der Waals surface area contributed by atoms with Crippen molar-refractivity contribution in [3.63, 3.8) is 0 Å². The van der Waals surface area contributed by atoms with Crippen LogP contribution >= 0.6 is 0 Å². The van der Waals surface area contributed by atoms with Crippen LogP contribution in [-0.4, -0.2) is 0 Å². The van der Waals surface area contributed by atoms with E-state index in [0.717, 1.165) is 6.42 Å². The third kappa shape index (κ3) is 1.69. The van der Waals surface area contributed by atoms with Gasteiger partial charge in [0.05, 0.1) is 0 Å². The summed E-state index contributed by atoms with van der Waals surface area (Å²) in [6.07, 6.45) is 1.11. The lowest BCUT2D eigenvalue weighted by Crippen LogP contribution is -2.19. The predicted molar refractivity (Wildman–Crippen MR) is 104 cm³/mol. The topological polar surface area (TPSA) is 0 Å². The summed E-state index contributed by atoms with van der Waals surface area (Å²) in [5, 5.41) is 5.34. The smallest absolute Gasteiger partial charge is 0.0184 e. The molecule has 0 heterocycles. The SMILES string of the molecule is CCC1(C)c2cc3ccccc3cc2-c2cc3ccccc3cc21. The number of hydrogen-bond donors (Lipinski definition) is 0. The summed E-state index contributed by atoms with van der Waals surface area (Å²) >= 11 is 0. The summed E-state index contributed by atoms with van der Waals surface area (Å²) in [7, 11) is 0. The first-order chi connectivity index (χ1) is 11.7. The second kappa shape index (κ2) is 4.70. The van der Waals surface area contributed by atoms with Gasteiger partial charge in [-0.1, -0.05) is 62.4 Å². The van der Waals surface area contributed by atoms with E-state index in [1.165, 1.54) is 43.8 Å². The molecule has 0 saturated carbocycles. The minimum absolute atomic E-state index is 0.0960. The van der Waals surface area contributed by atoms with Crippen molar-refractivity contribution in [2.24, 2.45) is 0 Å². The average Bonchev–Trinajstić information content (AvgIpc) is 2.87. The Hall–Kier alpha value is -2.60. The van der Waals surface area contributed by atoms with Gasteiger partial charge in [-0.15, -0.1) is 0 Å². The molecule has 0 spiro atoms. The number of hydrogen-bond acceptors (Lipinski definition) is 0. The van der Waals surface area contributed by atoms with E-state index < -0.39 is 0 Å². The van der Waals surface area contributed by atoms with E-state index in [1.54, 1.807) is 0 Å². The van der Waals surface area contributed by atoms with Crippen molar-refractivity contribution in [1.82, 2.24) is 0 Å². The maximum Gasteiger partial charge on any atom is 0.0184 e. The largest absolute Gasteiger partial charge is 0.0642 e.